The smallest absolute Gasteiger partial charge is 0.270 e. The van der Waals surface area contributed by atoms with Crippen LogP contribution in [0.2, 0.25) is 0 Å². The van der Waals surface area contributed by atoms with Crippen LogP contribution in [0.5, 0.6) is 0 Å². The number of carbonyl (C=O) groups is 1. The molecule has 3 aromatic heterocycles. The molecule has 1 N–H and O–H groups in total. The lowest BCUT2D eigenvalue weighted by Gasteiger charge is -2.24. The van der Waals surface area contributed by atoms with Crippen molar-refractivity contribution < 1.29 is 4.79 Å². The zero-order chi connectivity index (χ0) is 15.3. The minimum Gasteiger partial charge on any atom is -0.342 e. The summed E-state index contributed by atoms with van der Waals surface area (Å²) in [5.74, 6) is 0.0918. The second-order valence-corrected chi connectivity index (χ2v) is 6.80. The molecule has 6 heteroatoms. The van der Waals surface area contributed by atoms with Crippen LogP contribution in [0.1, 0.15) is 40.6 Å². The van der Waals surface area contributed by atoms with Gasteiger partial charge in [-0.15, -0.1) is 11.3 Å². The van der Waals surface area contributed by atoms with Crippen LogP contribution in [-0.4, -0.2) is 32.1 Å². The molecule has 1 aliphatic heterocycles. The maximum Gasteiger partial charge on any atom is 0.270 e. The minimum absolute atomic E-state index is 0.0918. The number of rotatable bonds is 2. The first kappa shape index (κ1) is 13.6. The molecule has 4 rings (SSSR count). The van der Waals surface area contributed by atoms with Gasteiger partial charge in [-0.3, -0.25) is 9.48 Å². The molecule has 0 aromatic carbocycles. The maximum absolute atomic E-state index is 12.9. The molecule has 1 atom stereocenters. The van der Waals surface area contributed by atoms with Gasteiger partial charge in [-0.05, 0) is 37.3 Å². The first-order valence-corrected chi connectivity index (χ1v) is 8.39. The number of hydrogen-bond donors (Lipinski definition) is 1. The number of nitrogens with zero attached hydrogens (tertiary/aromatic N) is 3. The van der Waals surface area contributed by atoms with Crippen molar-refractivity contribution in [3.63, 3.8) is 0 Å². The van der Waals surface area contributed by atoms with Gasteiger partial charge < -0.3 is 9.88 Å². The van der Waals surface area contributed by atoms with E-state index in [0.29, 0.717) is 5.69 Å². The summed E-state index contributed by atoms with van der Waals surface area (Å²) in [6.45, 7) is 2.82. The van der Waals surface area contributed by atoms with Crippen LogP contribution in [-0.2, 0) is 7.05 Å². The Kier molecular flexibility index (Phi) is 3.07. The van der Waals surface area contributed by atoms with Crippen LogP contribution in [0, 0.1) is 6.92 Å². The summed E-state index contributed by atoms with van der Waals surface area (Å²) in [6, 6.07) is 4.14. The quantitative estimate of drug-likeness (QED) is 0.789. The van der Waals surface area contributed by atoms with Crippen LogP contribution >= 0.6 is 11.3 Å². The summed E-state index contributed by atoms with van der Waals surface area (Å²) in [6.07, 6.45) is 4.09. The van der Waals surface area contributed by atoms with E-state index in [1.807, 2.05) is 47.3 Å². The normalized spacial score (nSPS) is 18.5. The third-order valence-corrected chi connectivity index (χ3v) is 5.24. The fourth-order valence-corrected chi connectivity index (χ4v) is 4.18. The van der Waals surface area contributed by atoms with E-state index >= 15 is 0 Å². The van der Waals surface area contributed by atoms with E-state index in [2.05, 4.69) is 10.1 Å². The average Bonchev–Trinajstić information content (AvgIpc) is 3.19. The number of carbonyl (C=O) groups excluding carboxylic acids is 1. The summed E-state index contributed by atoms with van der Waals surface area (Å²) in [5, 5.41) is 7.57. The molecule has 22 heavy (non-hydrogen) atoms. The van der Waals surface area contributed by atoms with Crippen LogP contribution in [0.15, 0.2) is 23.7 Å². The topological polar surface area (TPSA) is 53.9 Å². The van der Waals surface area contributed by atoms with E-state index in [1.165, 1.54) is 5.56 Å². The van der Waals surface area contributed by atoms with Crippen molar-refractivity contribution in [2.75, 3.05) is 6.54 Å². The highest BCUT2D eigenvalue weighted by molar-refractivity contribution is 7.16. The monoisotopic (exact) mass is 314 g/mol. The number of nitrogens with one attached hydrogen (secondary N) is 1. The maximum atomic E-state index is 12.9. The van der Waals surface area contributed by atoms with E-state index in [9.17, 15) is 4.79 Å². The number of hydrogen-bond acceptors (Lipinski definition) is 3. The molecule has 1 fully saturated rings. The Hall–Kier alpha value is -2.08. The highest BCUT2D eigenvalue weighted by Crippen LogP contribution is 2.35. The standard InChI is InChI=1S/C16H18N4OS/c1-10-12(9-19(2)18-10)14-4-3-6-20(14)16(21)13-8-11-5-7-22-15(11)17-13/h5,7-9,14,17H,3-4,6H2,1-2H3. The van der Waals surface area contributed by atoms with Gasteiger partial charge in [0.25, 0.3) is 5.91 Å². The molecule has 0 spiro atoms. The highest BCUT2D eigenvalue weighted by Gasteiger charge is 2.33. The summed E-state index contributed by atoms with van der Waals surface area (Å²) >= 11 is 1.63. The van der Waals surface area contributed by atoms with Gasteiger partial charge in [0, 0.05) is 30.7 Å². The van der Waals surface area contributed by atoms with Crippen LogP contribution in [0.4, 0.5) is 0 Å². The second-order valence-electron chi connectivity index (χ2n) is 5.89. The van der Waals surface area contributed by atoms with Crippen molar-refractivity contribution in [1.29, 1.82) is 0 Å². The fourth-order valence-electron chi connectivity index (χ4n) is 3.40. The molecule has 0 saturated carbocycles. The van der Waals surface area contributed by atoms with Gasteiger partial charge in [-0.2, -0.15) is 5.10 Å². The van der Waals surface area contributed by atoms with E-state index in [0.717, 1.165) is 35.3 Å². The zero-order valence-electron chi connectivity index (χ0n) is 12.7. The number of likely N-dealkylation sites (tertiary alicyclic amines) is 1. The lowest BCUT2D eigenvalue weighted by Crippen LogP contribution is -2.31. The van der Waals surface area contributed by atoms with E-state index in [1.54, 1.807) is 11.3 Å². The van der Waals surface area contributed by atoms with Crippen LogP contribution < -0.4 is 0 Å². The van der Waals surface area contributed by atoms with Gasteiger partial charge in [-0.25, -0.2) is 0 Å². The summed E-state index contributed by atoms with van der Waals surface area (Å²) < 4.78 is 1.83. The number of fused-ring (bicyclic) bond motifs is 1. The Bertz CT molecular complexity index is 815. The van der Waals surface area contributed by atoms with Gasteiger partial charge >= 0.3 is 0 Å². The van der Waals surface area contributed by atoms with Crippen molar-refractivity contribution >= 4 is 27.5 Å². The van der Waals surface area contributed by atoms with Crippen molar-refractivity contribution in [3.05, 3.63) is 40.7 Å². The van der Waals surface area contributed by atoms with Crippen molar-refractivity contribution in [2.24, 2.45) is 7.05 Å². The number of thiophene rings is 1. The molecule has 1 amide bonds. The van der Waals surface area contributed by atoms with Gasteiger partial charge in [0.05, 0.1) is 11.7 Å². The highest BCUT2D eigenvalue weighted by atomic mass is 32.1. The molecule has 5 nitrogen and oxygen atoms in total. The first-order chi connectivity index (χ1) is 10.6. The fraction of sp³-hybridized carbons (Fsp3) is 0.375. The molecule has 4 heterocycles. The Morgan fingerprint density at radius 3 is 3.09 bits per heavy atom. The van der Waals surface area contributed by atoms with Gasteiger partial charge in [0.1, 0.15) is 10.5 Å². The Labute approximate surface area is 132 Å². The Balaban J connectivity index is 1.66. The van der Waals surface area contributed by atoms with Crippen LogP contribution in [0.3, 0.4) is 0 Å². The largest absolute Gasteiger partial charge is 0.342 e. The summed E-state index contributed by atoms with van der Waals surface area (Å²) in [7, 11) is 1.93. The molecular weight excluding hydrogens is 296 g/mol. The second kappa shape index (κ2) is 4.98. The molecule has 1 unspecified atom stereocenters. The minimum atomic E-state index is 0.0918. The predicted octanol–water partition coefficient (Wildman–Crippen LogP) is 3.25. The third kappa shape index (κ3) is 2.06. The number of amides is 1. The molecule has 114 valence electrons. The first-order valence-electron chi connectivity index (χ1n) is 7.51. The Morgan fingerprint density at radius 1 is 1.50 bits per heavy atom. The number of aryl methyl sites for hydroxylation is 2. The Morgan fingerprint density at radius 2 is 2.36 bits per heavy atom. The lowest BCUT2D eigenvalue weighted by molar-refractivity contribution is 0.0730. The molecule has 1 saturated heterocycles. The number of H-pyrrole nitrogens is 1. The predicted molar refractivity (Wildman–Crippen MR) is 87.1 cm³/mol. The van der Waals surface area contributed by atoms with E-state index in [4.69, 9.17) is 0 Å². The van der Waals surface area contributed by atoms with Crippen molar-refractivity contribution in [2.45, 2.75) is 25.8 Å². The molecule has 1 aliphatic rings. The van der Waals surface area contributed by atoms with Gasteiger partial charge in [-0.1, -0.05) is 0 Å². The SMILES string of the molecule is Cc1nn(C)cc1C1CCCN1C(=O)c1cc2ccsc2[nH]1. The molecule has 0 radical (unpaired) electrons. The average molecular weight is 314 g/mol. The summed E-state index contributed by atoms with van der Waals surface area (Å²) in [4.78, 5) is 19.2. The van der Waals surface area contributed by atoms with Crippen molar-refractivity contribution in [3.8, 4) is 0 Å². The van der Waals surface area contributed by atoms with Gasteiger partial charge in [0.15, 0.2) is 0 Å². The molecule has 0 aliphatic carbocycles. The van der Waals surface area contributed by atoms with E-state index in [-0.39, 0.29) is 11.9 Å². The van der Waals surface area contributed by atoms with Crippen LogP contribution in [0.25, 0.3) is 10.2 Å². The lowest BCUT2D eigenvalue weighted by atomic mass is 10.1. The molecular formula is C16H18N4OS. The van der Waals surface area contributed by atoms with E-state index < -0.39 is 0 Å². The number of aromatic nitrogens is 3. The number of aromatic amines is 1. The third-order valence-electron chi connectivity index (χ3n) is 4.40. The molecule has 3 aromatic rings. The van der Waals surface area contributed by atoms with Crippen molar-refractivity contribution in [1.82, 2.24) is 19.7 Å². The zero-order valence-corrected chi connectivity index (χ0v) is 13.5. The summed E-state index contributed by atoms with van der Waals surface area (Å²) in [5.41, 5.74) is 2.87. The van der Waals surface area contributed by atoms with Gasteiger partial charge in [0.2, 0.25) is 0 Å². The molecule has 0 bridgehead atoms.